The van der Waals surface area contributed by atoms with Crippen LogP contribution in [0.2, 0.25) is 0 Å². The van der Waals surface area contributed by atoms with E-state index in [4.69, 9.17) is 9.72 Å². The summed E-state index contributed by atoms with van der Waals surface area (Å²) in [5, 5.41) is 8.39. The summed E-state index contributed by atoms with van der Waals surface area (Å²) >= 11 is 1.49. The molecule has 0 aliphatic carbocycles. The summed E-state index contributed by atoms with van der Waals surface area (Å²) in [7, 11) is 1.57. The largest absolute Gasteiger partial charge is 0.495 e. The zero-order valence-electron chi connectivity index (χ0n) is 17.7. The molecule has 1 unspecified atom stereocenters. The smallest absolute Gasteiger partial charge is 0.265 e. The maximum Gasteiger partial charge on any atom is 0.265 e. The highest BCUT2D eigenvalue weighted by molar-refractivity contribution is 7.99. The summed E-state index contributed by atoms with van der Waals surface area (Å²) in [4.78, 5) is 30.6. The number of ether oxygens (including phenoxy) is 1. The summed E-state index contributed by atoms with van der Waals surface area (Å²) in [5.41, 5.74) is 1.80. The second-order valence-electron chi connectivity index (χ2n) is 8.45. The van der Waals surface area contributed by atoms with Crippen LogP contribution in [0.5, 0.6) is 5.75 Å². The summed E-state index contributed by atoms with van der Waals surface area (Å²) in [6.45, 7) is 8.01. The Hall–Kier alpha value is -2.81. The number of nitrogens with zero attached hydrogens (tertiary/aromatic N) is 4. The van der Waals surface area contributed by atoms with Crippen LogP contribution in [-0.4, -0.2) is 38.1 Å². The Morgan fingerprint density at radius 3 is 2.83 bits per heavy atom. The number of carbonyl (C=O) groups excluding carboxylic acids is 1. The Morgan fingerprint density at radius 1 is 1.37 bits per heavy atom. The normalized spacial score (nSPS) is 16.0. The van der Waals surface area contributed by atoms with Gasteiger partial charge in [0.2, 0.25) is 5.91 Å². The fraction of sp³-hybridized carbons (Fsp3) is 0.429. The molecule has 4 rings (SSSR count). The predicted molar refractivity (Wildman–Crippen MR) is 118 cm³/mol. The van der Waals surface area contributed by atoms with E-state index in [0.29, 0.717) is 33.4 Å². The van der Waals surface area contributed by atoms with Gasteiger partial charge in [-0.25, -0.2) is 9.67 Å². The standard InChI is InChI=1S/C21H25N5O3S/c1-12-6-7-16(29-5)15(8-12)23-17(27)9-13-11-30-20-24-18-14(19(28)25(13)20)10-22-26(18)21(2,3)4/h6-8,10,13H,9,11H2,1-5H3,(H,23,27). The summed E-state index contributed by atoms with van der Waals surface area (Å²) < 4.78 is 8.74. The molecule has 1 aromatic carbocycles. The van der Waals surface area contributed by atoms with Crippen LogP contribution in [0.4, 0.5) is 5.69 Å². The molecule has 2 aromatic heterocycles. The van der Waals surface area contributed by atoms with E-state index in [1.807, 2.05) is 45.9 Å². The predicted octanol–water partition coefficient (Wildman–Crippen LogP) is 3.34. The Labute approximate surface area is 178 Å². The van der Waals surface area contributed by atoms with Crippen molar-refractivity contribution in [1.29, 1.82) is 0 Å². The number of rotatable bonds is 4. The van der Waals surface area contributed by atoms with Crippen LogP contribution in [-0.2, 0) is 10.3 Å². The van der Waals surface area contributed by atoms with Gasteiger partial charge in [-0.3, -0.25) is 14.2 Å². The van der Waals surface area contributed by atoms with Gasteiger partial charge in [-0.05, 0) is 45.4 Å². The van der Waals surface area contributed by atoms with Gasteiger partial charge in [-0.2, -0.15) is 5.10 Å². The minimum absolute atomic E-state index is 0.151. The number of hydrogen-bond donors (Lipinski definition) is 1. The molecule has 3 heterocycles. The molecule has 1 amide bonds. The van der Waals surface area contributed by atoms with Crippen LogP contribution >= 0.6 is 11.8 Å². The first-order valence-electron chi connectivity index (χ1n) is 9.77. The molecule has 0 bridgehead atoms. The third-order valence-electron chi connectivity index (χ3n) is 5.06. The highest BCUT2D eigenvalue weighted by Gasteiger charge is 2.30. The van der Waals surface area contributed by atoms with Crippen LogP contribution in [0.3, 0.4) is 0 Å². The molecule has 1 aliphatic rings. The van der Waals surface area contributed by atoms with Crippen molar-refractivity contribution in [2.24, 2.45) is 0 Å². The molecular weight excluding hydrogens is 402 g/mol. The maximum absolute atomic E-state index is 13.2. The van der Waals surface area contributed by atoms with Gasteiger partial charge in [0.05, 0.1) is 30.6 Å². The number of aryl methyl sites for hydroxylation is 1. The van der Waals surface area contributed by atoms with Crippen LogP contribution in [0.15, 0.2) is 34.3 Å². The first kappa shape index (κ1) is 20.5. The van der Waals surface area contributed by atoms with Gasteiger partial charge in [-0.1, -0.05) is 17.8 Å². The fourth-order valence-corrected chi connectivity index (χ4v) is 4.74. The molecule has 1 atom stereocenters. The molecule has 0 saturated heterocycles. The van der Waals surface area contributed by atoms with E-state index < -0.39 is 0 Å². The van der Waals surface area contributed by atoms with Crippen LogP contribution < -0.4 is 15.6 Å². The number of hydrogen-bond acceptors (Lipinski definition) is 6. The molecule has 0 spiro atoms. The zero-order valence-corrected chi connectivity index (χ0v) is 18.5. The van der Waals surface area contributed by atoms with E-state index in [9.17, 15) is 9.59 Å². The van der Waals surface area contributed by atoms with E-state index in [0.717, 1.165) is 5.56 Å². The second kappa shape index (κ2) is 7.46. The minimum atomic E-state index is -0.282. The Morgan fingerprint density at radius 2 is 2.13 bits per heavy atom. The molecular formula is C21H25N5O3S. The number of anilines is 1. The molecule has 8 nitrogen and oxygen atoms in total. The van der Waals surface area contributed by atoms with Gasteiger partial charge in [0.1, 0.15) is 11.1 Å². The number of methoxy groups -OCH3 is 1. The van der Waals surface area contributed by atoms with Gasteiger partial charge in [-0.15, -0.1) is 0 Å². The van der Waals surface area contributed by atoms with Crippen molar-refractivity contribution < 1.29 is 9.53 Å². The second-order valence-corrected chi connectivity index (χ2v) is 9.44. The first-order valence-corrected chi connectivity index (χ1v) is 10.8. The molecule has 30 heavy (non-hydrogen) atoms. The molecule has 0 saturated carbocycles. The third kappa shape index (κ3) is 3.58. The quantitative estimate of drug-likeness (QED) is 0.642. The molecule has 158 valence electrons. The number of thioether (sulfide) groups is 1. The van der Waals surface area contributed by atoms with Gasteiger partial charge in [0.15, 0.2) is 10.8 Å². The maximum atomic E-state index is 13.2. The molecule has 3 aromatic rings. The lowest BCUT2D eigenvalue weighted by atomic mass is 10.1. The van der Waals surface area contributed by atoms with E-state index in [-0.39, 0.29) is 29.5 Å². The van der Waals surface area contributed by atoms with Crippen molar-refractivity contribution in [3.05, 3.63) is 40.3 Å². The third-order valence-corrected chi connectivity index (χ3v) is 6.15. The van der Waals surface area contributed by atoms with Crippen LogP contribution in [0.25, 0.3) is 11.0 Å². The van der Waals surface area contributed by atoms with Crippen molar-refractivity contribution in [3.63, 3.8) is 0 Å². The Bertz CT molecular complexity index is 1190. The summed E-state index contributed by atoms with van der Waals surface area (Å²) in [6.07, 6.45) is 1.75. The fourth-order valence-electron chi connectivity index (χ4n) is 3.61. The van der Waals surface area contributed by atoms with Gasteiger partial charge in [0, 0.05) is 12.2 Å². The van der Waals surface area contributed by atoms with Crippen molar-refractivity contribution in [1.82, 2.24) is 19.3 Å². The number of fused-ring (bicyclic) bond motifs is 2. The van der Waals surface area contributed by atoms with Gasteiger partial charge >= 0.3 is 0 Å². The number of carbonyl (C=O) groups is 1. The minimum Gasteiger partial charge on any atom is -0.495 e. The number of aromatic nitrogens is 4. The van der Waals surface area contributed by atoms with Crippen molar-refractivity contribution in [3.8, 4) is 5.75 Å². The van der Waals surface area contributed by atoms with Crippen LogP contribution in [0, 0.1) is 6.92 Å². The Kier molecular flexibility index (Phi) is 5.09. The van der Waals surface area contributed by atoms with E-state index in [1.165, 1.54) is 11.8 Å². The lowest BCUT2D eigenvalue weighted by Crippen LogP contribution is -2.29. The molecule has 9 heteroatoms. The highest BCUT2D eigenvalue weighted by atomic mass is 32.2. The molecule has 0 fully saturated rings. The summed E-state index contributed by atoms with van der Waals surface area (Å²) in [5.74, 6) is 1.05. The lowest BCUT2D eigenvalue weighted by Gasteiger charge is -2.20. The van der Waals surface area contributed by atoms with Crippen molar-refractivity contribution in [2.45, 2.75) is 50.9 Å². The SMILES string of the molecule is COc1ccc(C)cc1NC(=O)CC1CSc2nc3c(cnn3C(C)(C)C)c(=O)n21. The van der Waals surface area contributed by atoms with E-state index in [2.05, 4.69) is 10.4 Å². The molecule has 1 aliphatic heterocycles. The van der Waals surface area contributed by atoms with Gasteiger partial charge < -0.3 is 10.1 Å². The van der Waals surface area contributed by atoms with E-state index >= 15 is 0 Å². The number of nitrogens with one attached hydrogen (secondary N) is 1. The average Bonchev–Trinajstić information content (AvgIpc) is 3.27. The Balaban J connectivity index is 1.62. The van der Waals surface area contributed by atoms with Crippen molar-refractivity contribution in [2.75, 3.05) is 18.2 Å². The van der Waals surface area contributed by atoms with Crippen LogP contribution in [0.1, 0.15) is 38.8 Å². The van der Waals surface area contributed by atoms with E-state index in [1.54, 1.807) is 22.6 Å². The highest BCUT2D eigenvalue weighted by Crippen LogP contribution is 2.34. The summed E-state index contributed by atoms with van der Waals surface area (Å²) in [6, 6.07) is 5.35. The van der Waals surface area contributed by atoms with Crippen molar-refractivity contribution >= 4 is 34.4 Å². The number of amides is 1. The van der Waals surface area contributed by atoms with Gasteiger partial charge in [0.25, 0.3) is 5.56 Å². The topological polar surface area (TPSA) is 91.0 Å². The average molecular weight is 428 g/mol. The molecule has 1 N–H and O–H groups in total. The monoisotopic (exact) mass is 427 g/mol. The first-order chi connectivity index (χ1) is 14.2. The molecule has 0 radical (unpaired) electrons. The lowest BCUT2D eigenvalue weighted by molar-refractivity contribution is -0.116. The number of benzene rings is 1. The zero-order chi connectivity index (χ0) is 21.6.